The van der Waals surface area contributed by atoms with Crippen molar-refractivity contribution in [3.8, 4) is 0 Å². The quantitative estimate of drug-likeness (QED) is 0.162. The number of Topliss-reactive ketones (excluding diaryl/α,β-unsaturated/α-hetero) is 2. The third-order valence-electron chi connectivity index (χ3n) is 6.66. The van der Waals surface area contributed by atoms with Gasteiger partial charge >= 0.3 is 116 Å². The number of hydrogen-bond donors (Lipinski definition) is 2. The van der Waals surface area contributed by atoms with E-state index in [2.05, 4.69) is 21.3 Å². The Balaban J connectivity index is 0.00000760. The van der Waals surface area contributed by atoms with Crippen LogP contribution in [0.15, 0.2) is 35.5 Å². The van der Waals surface area contributed by atoms with E-state index >= 15 is 0 Å². The molecule has 0 saturated carbocycles. The molecule has 1 aromatic carbocycles. The Hall–Kier alpha value is 0.410. The summed E-state index contributed by atoms with van der Waals surface area (Å²) in [6, 6.07) is 6.87. The number of allylic oxidation sites excluding steroid dienone is 2. The zero-order valence-corrected chi connectivity index (χ0v) is 34.8. The van der Waals surface area contributed by atoms with Crippen molar-refractivity contribution < 1.29 is 140 Å². The fraction of sp³-hybridized carbons (Fsp3) is 0.586. The fourth-order valence-electron chi connectivity index (χ4n) is 4.13. The summed E-state index contributed by atoms with van der Waals surface area (Å²) in [7, 11) is 1.86. The molecule has 3 amide bonds. The van der Waals surface area contributed by atoms with Crippen molar-refractivity contribution in [2.24, 2.45) is 5.92 Å². The van der Waals surface area contributed by atoms with Crippen LogP contribution in [0, 0.1) is 5.92 Å². The molecule has 0 aromatic heterocycles. The second-order valence-electron chi connectivity index (χ2n) is 9.68. The maximum absolute atomic E-state index is 12.9. The van der Waals surface area contributed by atoms with E-state index in [0.717, 1.165) is 61.8 Å². The molecule has 2 rings (SSSR count). The second kappa shape index (κ2) is 23.8. The number of amides is 3. The minimum atomic E-state index is -0.360. The van der Waals surface area contributed by atoms with Gasteiger partial charge in [0.05, 0.1) is 12.5 Å². The SMILES string of the molecule is CNC1=C(C(=O)c2ccc(C[N-]C(=O)COCCC[N-]C(=O)NCCCCC(C)C(C)=O)cc2)CCCC1.[Rb+].[Rb+]. The molecule has 0 saturated heterocycles. The minimum absolute atomic E-state index is 0. The molecule has 1 aliphatic carbocycles. The molecule has 40 heavy (non-hydrogen) atoms. The van der Waals surface area contributed by atoms with Gasteiger partial charge < -0.3 is 30.8 Å². The predicted octanol–water partition coefficient (Wildman–Crippen LogP) is -0.789. The van der Waals surface area contributed by atoms with Crippen molar-refractivity contribution in [2.45, 2.75) is 71.8 Å². The number of rotatable bonds is 17. The largest absolute Gasteiger partial charge is 1.00 e. The van der Waals surface area contributed by atoms with E-state index < -0.39 is 0 Å². The summed E-state index contributed by atoms with van der Waals surface area (Å²) in [5, 5.41) is 13.8. The van der Waals surface area contributed by atoms with Crippen molar-refractivity contribution in [3.05, 3.63) is 57.3 Å². The molecular formula is C29H42N4O5Rb2. The van der Waals surface area contributed by atoms with Crippen LogP contribution < -0.4 is 127 Å². The van der Waals surface area contributed by atoms with Crippen LogP contribution in [0.1, 0.15) is 81.1 Å². The Morgan fingerprint density at radius 2 is 1.68 bits per heavy atom. The maximum Gasteiger partial charge on any atom is 1.00 e. The number of urea groups is 1. The van der Waals surface area contributed by atoms with Crippen molar-refractivity contribution >= 4 is 23.5 Å². The van der Waals surface area contributed by atoms with Crippen molar-refractivity contribution in [3.63, 3.8) is 0 Å². The molecule has 0 spiro atoms. The van der Waals surface area contributed by atoms with Crippen molar-refractivity contribution in [1.29, 1.82) is 0 Å². The van der Waals surface area contributed by atoms with Gasteiger partial charge in [0, 0.05) is 36.4 Å². The molecule has 1 aromatic rings. The van der Waals surface area contributed by atoms with Crippen LogP contribution in [0.3, 0.4) is 0 Å². The number of ether oxygens (including phenoxy) is 1. The van der Waals surface area contributed by atoms with Crippen molar-refractivity contribution in [1.82, 2.24) is 10.6 Å². The number of nitrogens with one attached hydrogen (secondary N) is 2. The molecule has 0 fully saturated rings. The van der Waals surface area contributed by atoms with Crippen LogP contribution in [0.25, 0.3) is 10.6 Å². The molecule has 1 atom stereocenters. The average molecular weight is 698 g/mol. The van der Waals surface area contributed by atoms with E-state index in [0.29, 0.717) is 31.7 Å². The summed E-state index contributed by atoms with van der Waals surface area (Å²) >= 11 is 0. The van der Waals surface area contributed by atoms with E-state index in [1.807, 2.05) is 26.1 Å². The van der Waals surface area contributed by atoms with Crippen LogP contribution in [0.2, 0.25) is 0 Å². The Morgan fingerprint density at radius 3 is 2.35 bits per heavy atom. The van der Waals surface area contributed by atoms with Crippen LogP contribution in [-0.2, 0) is 20.9 Å². The standard InChI is InChI=1S/C29H44N4O5.2Rb/c1-21(22(2)34)9-6-7-16-31-29(37)32-17-8-18-38-20-27(35)33-19-23-12-14-24(15-13-23)28(36)25-10-4-5-11-26(25)30-3;;/h12-15,21H,4-11,16-20H2,1-3H3,(H4,30,31,32,33,35,36,37);;/q;2*+1/p-2. The number of carbonyl (C=O) groups excluding carboxylic acids is 4. The molecule has 0 heterocycles. The zero-order valence-electron chi connectivity index (χ0n) is 25.0. The molecule has 0 aliphatic heterocycles. The molecule has 0 bridgehead atoms. The van der Waals surface area contributed by atoms with Crippen LogP contribution in [0.5, 0.6) is 0 Å². The Kier molecular flexibility index (Phi) is 24.1. The van der Waals surface area contributed by atoms with Gasteiger partial charge in [0.1, 0.15) is 5.78 Å². The number of hydrogen-bond acceptors (Lipinski definition) is 6. The molecular weight excluding hydrogens is 655 g/mol. The minimum Gasteiger partial charge on any atom is -0.648 e. The summed E-state index contributed by atoms with van der Waals surface area (Å²) in [5.41, 5.74) is 3.39. The summed E-state index contributed by atoms with van der Waals surface area (Å²) in [5.74, 6) is -0.0428. The number of unbranched alkanes of at least 4 members (excludes halogenated alkanes) is 1. The third-order valence-corrected chi connectivity index (χ3v) is 6.66. The van der Waals surface area contributed by atoms with Crippen LogP contribution in [0.4, 0.5) is 4.79 Å². The monoisotopic (exact) mass is 696 g/mol. The molecule has 1 unspecified atom stereocenters. The van der Waals surface area contributed by atoms with Gasteiger partial charge in [-0.3, -0.25) is 14.4 Å². The maximum atomic E-state index is 12.9. The first-order valence-corrected chi connectivity index (χ1v) is 13.6. The van der Waals surface area contributed by atoms with E-state index in [9.17, 15) is 19.2 Å². The van der Waals surface area contributed by atoms with Gasteiger partial charge in [-0.1, -0.05) is 56.1 Å². The number of nitrogens with zero attached hydrogens (tertiary/aromatic N) is 2. The van der Waals surface area contributed by atoms with Crippen LogP contribution in [-0.4, -0.2) is 56.9 Å². The second-order valence-corrected chi connectivity index (χ2v) is 9.68. The number of benzene rings is 1. The molecule has 9 nitrogen and oxygen atoms in total. The number of carbonyl (C=O) groups is 4. The summed E-state index contributed by atoms with van der Waals surface area (Å²) in [6.45, 7) is 4.78. The zero-order chi connectivity index (χ0) is 27.8. The Bertz CT molecular complexity index is 970. The molecule has 1 aliphatic rings. The van der Waals surface area contributed by atoms with Gasteiger partial charge in [0.15, 0.2) is 11.8 Å². The predicted molar refractivity (Wildman–Crippen MR) is 148 cm³/mol. The normalized spacial score (nSPS) is 13.3. The molecule has 0 radical (unpaired) electrons. The van der Waals surface area contributed by atoms with Gasteiger partial charge in [0.2, 0.25) is 0 Å². The van der Waals surface area contributed by atoms with Crippen molar-refractivity contribution in [2.75, 3.05) is 33.4 Å². The topological polar surface area (TPSA) is 130 Å². The smallest absolute Gasteiger partial charge is 0.648 e. The first kappa shape index (κ1) is 40.4. The van der Waals surface area contributed by atoms with E-state index in [1.54, 1.807) is 19.1 Å². The molecule has 2 N–H and O–H groups in total. The Labute approximate surface area is 337 Å². The number of ketones is 2. The van der Waals surface area contributed by atoms with Gasteiger partial charge in [-0.25, -0.2) is 0 Å². The first-order valence-electron chi connectivity index (χ1n) is 13.6. The van der Waals surface area contributed by atoms with Gasteiger partial charge in [-0.15, -0.1) is 6.54 Å². The third kappa shape index (κ3) is 16.3. The fourth-order valence-corrected chi connectivity index (χ4v) is 4.13. The molecule has 11 heteroatoms. The summed E-state index contributed by atoms with van der Waals surface area (Å²) < 4.78 is 5.34. The van der Waals surface area contributed by atoms with Gasteiger partial charge in [-0.2, -0.15) is 0 Å². The van der Waals surface area contributed by atoms with E-state index in [-0.39, 0.29) is 159 Å². The van der Waals surface area contributed by atoms with Gasteiger partial charge in [-0.05, 0) is 52.0 Å². The summed E-state index contributed by atoms with van der Waals surface area (Å²) in [6.07, 6.45) is 6.88. The van der Waals surface area contributed by atoms with E-state index in [1.165, 1.54) is 0 Å². The first-order chi connectivity index (χ1) is 18.3. The van der Waals surface area contributed by atoms with Gasteiger partial charge in [0.25, 0.3) is 0 Å². The Morgan fingerprint density at radius 1 is 0.975 bits per heavy atom. The summed E-state index contributed by atoms with van der Waals surface area (Å²) in [4.78, 5) is 47.8. The van der Waals surface area contributed by atoms with E-state index in [4.69, 9.17) is 4.74 Å². The van der Waals surface area contributed by atoms with Crippen LogP contribution >= 0.6 is 0 Å². The molecule has 210 valence electrons. The average Bonchev–Trinajstić information content (AvgIpc) is 2.93.